The molecule has 2 aliphatic rings. The molecule has 2 bridgehead atoms. The minimum absolute atomic E-state index is 0.0378. The van der Waals surface area contributed by atoms with Crippen molar-refractivity contribution in [3.63, 3.8) is 0 Å². The number of phenols is 1. The standard InChI is InChI=1S/C24H20ClFN4O2/c1-32-24-28-22-18(23(29-24)30-11-13-7-14(30)10-27-13)9-19(25)20(21(22)26)17-8-15(31)6-12-4-2-3-5-16(12)17/h2-6,8-9,13-14,27,31H,7,10-11H2,1H3. The molecule has 2 atom stereocenters. The number of methoxy groups -OCH3 is 1. The third kappa shape index (κ3) is 2.88. The summed E-state index contributed by atoms with van der Waals surface area (Å²) >= 11 is 6.69. The molecule has 4 aromatic rings. The number of ether oxygens (including phenoxy) is 1. The number of aromatic hydroxyl groups is 1. The number of rotatable bonds is 3. The van der Waals surface area contributed by atoms with Gasteiger partial charge >= 0.3 is 6.01 Å². The van der Waals surface area contributed by atoms with E-state index >= 15 is 4.39 Å². The number of hydrogen-bond donors (Lipinski definition) is 2. The Morgan fingerprint density at radius 2 is 2.03 bits per heavy atom. The second-order valence-corrected chi connectivity index (χ2v) is 8.75. The van der Waals surface area contributed by atoms with Crippen LogP contribution in [0.4, 0.5) is 10.2 Å². The van der Waals surface area contributed by atoms with Crippen molar-refractivity contribution in [1.82, 2.24) is 15.3 Å². The first-order valence-electron chi connectivity index (χ1n) is 10.5. The maximum atomic E-state index is 16.1. The maximum absolute atomic E-state index is 16.1. The van der Waals surface area contributed by atoms with Gasteiger partial charge in [0.15, 0.2) is 5.82 Å². The van der Waals surface area contributed by atoms with Crippen LogP contribution in [0.5, 0.6) is 11.8 Å². The van der Waals surface area contributed by atoms with Crippen LogP contribution in [0.1, 0.15) is 6.42 Å². The average molecular weight is 451 g/mol. The van der Waals surface area contributed by atoms with Gasteiger partial charge in [0, 0.05) is 36.1 Å². The normalized spacial score (nSPS) is 19.9. The lowest BCUT2D eigenvalue weighted by Crippen LogP contribution is -2.44. The minimum Gasteiger partial charge on any atom is -0.508 e. The van der Waals surface area contributed by atoms with Gasteiger partial charge in [-0.1, -0.05) is 35.9 Å². The molecule has 6 nitrogen and oxygen atoms in total. The molecule has 0 aliphatic carbocycles. The van der Waals surface area contributed by atoms with Crippen molar-refractivity contribution in [2.75, 3.05) is 25.1 Å². The highest BCUT2D eigenvalue weighted by Crippen LogP contribution is 2.43. The van der Waals surface area contributed by atoms with E-state index in [1.54, 1.807) is 12.1 Å². The molecule has 162 valence electrons. The van der Waals surface area contributed by atoms with Gasteiger partial charge in [-0.15, -0.1) is 0 Å². The molecule has 2 saturated heterocycles. The average Bonchev–Trinajstić information content (AvgIpc) is 3.42. The van der Waals surface area contributed by atoms with Crippen LogP contribution in [-0.4, -0.2) is 47.4 Å². The lowest BCUT2D eigenvalue weighted by atomic mass is 9.96. The van der Waals surface area contributed by atoms with Crippen LogP contribution in [0.3, 0.4) is 0 Å². The Kier molecular flexibility index (Phi) is 4.38. The van der Waals surface area contributed by atoms with Crippen LogP contribution in [0.2, 0.25) is 5.02 Å². The quantitative estimate of drug-likeness (QED) is 0.478. The van der Waals surface area contributed by atoms with Crippen LogP contribution in [-0.2, 0) is 0 Å². The van der Waals surface area contributed by atoms with Crippen LogP contribution < -0.4 is 15.0 Å². The first kappa shape index (κ1) is 19.5. The van der Waals surface area contributed by atoms with Crippen LogP contribution in [0.25, 0.3) is 32.8 Å². The van der Waals surface area contributed by atoms with Gasteiger partial charge in [0.1, 0.15) is 17.1 Å². The Morgan fingerprint density at radius 3 is 2.78 bits per heavy atom. The first-order valence-corrected chi connectivity index (χ1v) is 10.9. The predicted molar refractivity (Wildman–Crippen MR) is 123 cm³/mol. The Bertz CT molecular complexity index is 1400. The van der Waals surface area contributed by atoms with E-state index in [0.29, 0.717) is 28.9 Å². The number of nitrogens with zero attached hydrogens (tertiary/aromatic N) is 3. The second kappa shape index (κ2) is 7.18. The van der Waals surface area contributed by atoms with E-state index in [0.717, 1.165) is 30.3 Å². The van der Waals surface area contributed by atoms with E-state index in [9.17, 15) is 5.11 Å². The maximum Gasteiger partial charge on any atom is 0.318 e. The number of fused-ring (bicyclic) bond motifs is 4. The molecule has 2 N–H and O–H groups in total. The van der Waals surface area contributed by atoms with Crippen LogP contribution >= 0.6 is 11.6 Å². The lowest BCUT2D eigenvalue weighted by Gasteiger charge is -2.29. The molecule has 2 fully saturated rings. The van der Waals surface area contributed by atoms with Gasteiger partial charge in [-0.3, -0.25) is 0 Å². The summed E-state index contributed by atoms with van der Waals surface area (Å²) in [4.78, 5) is 11.1. The van der Waals surface area contributed by atoms with Crippen molar-refractivity contribution in [1.29, 1.82) is 0 Å². The summed E-state index contributed by atoms with van der Waals surface area (Å²) in [5, 5.41) is 16.1. The van der Waals surface area contributed by atoms with Crippen molar-refractivity contribution in [2.24, 2.45) is 0 Å². The largest absolute Gasteiger partial charge is 0.508 e. The number of phenolic OH excluding ortho intramolecular Hbond substituents is 1. The Hall–Kier alpha value is -3.16. The van der Waals surface area contributed by atoms with Gasteiger partial charge in [-0.2, -0.15) is 9.97 Å². The molecule has 0 amide bonds. The fourth-order valence-corrected chi connectivity index (χ4v) is 5.33. The summed E-state index contributed by atoms with van der Waals surface area (Å²) in [5.41, 5.74) is 0.852. The molecule has 0 radical (unpaired) electrons. The summed E-state index contributed by atoms with van der Waals surface area (Å²) in [6.07, 6.45) is 1.03. The molecule has 2 aliphatic heterocycles. The monoisotopic (exact) mass is 450 g/mol. The summed E-state index contributed by atoms with van der Waals surface area (Å²) < 4.78 is 21.4. The van der Waals surface area contributed by atoms with Crippen molar-refractivity contribution >= 4 is 39.1 Å². The number of nitrogens with one attached hydrogen (secondary N) is 1. The van der Waals surface area contributed by atoms with Gasteiger partial charge in [-0.05, 0) is 41.0 Å². The summed E-state index contributed by atoms with van der Waals surface area (Å²) in [6.45, 7) is 1.65. The molecular formula is C24H20ClFN4O2. The van der Waals surface area contributed by atoms with Gasteiger partial charge < -0.3 is 20.1 Å². The van der Waals surface area contributed by atoms with Gasteiger partial charge in [0.05, 0.1) is 12.1 Å². The van der Waals surface area contributed by atoms with Gasteiger partial charge in [0.2, 0.25) is 0 Å². The predicted octanol–water partition coefficient (Wildman–Crippen LogP) is 4.51. The lowest BCUT2D eigenvalue weighted by molar-refractivity contribution is 0.381. The molecule has 2 unspecified atom stereocenters. The van der Waals surface area contributed by atoms with Gasteiger partial charge in [-0.25, -0.2) is 4.39 Å². The molecule has 6 rings (SSSR count). The highest BCUT2D eigenvalue weighted by Gasteiger charge is 2.39. The fourth-order valence-electron chi connectivity index (χ4n) is 5.04. The van der Waals surface area contributed by atoms with Crippen molar-refractivity contribution in [2.45, 2.75) is 18.5 Å². The Balaban J connectivity index is 1.63. The van der Waals surface area contributed by atoms with Crippen LogP contribution in [0.15, 0.2) is 42.5 Å². The minimum atomic E-state index is -0.562. The molecule has 3 heterocycles. The first-order chi connectivity index (χ1) is 15.5. The number of benzene rings is 3. The van der Waals surface area contributed by atoms with E-state index in [2.05, 4.69) is 20.2 Å². The summed E-state index contributed by atoms with van der Waals surface area (Å²) in [5.74, 6) is 0.109. The third-order valence-electron chi connectivity index (χ3n) is 6.47. The smallest absolute Gasteiger partial charge is 0.318 e. The van der Waals surface area contributed by atoms with Crippen molar-refractivity contribution in [3.05, 3.63) is 53.3 Å². The molecule has 1 aromatic heterocycles. The van der Waals surface area contributed by atoms with Gasteiger partial charge in [0.25, 0.3) is 0 Å². The van der Waals surface area contributed by atoms with Crippen molar-refractivity contribution < 1.29 is 14.2 Å². The molecule has 0 spiro atoms. The summed E-state index contributed by atoms with van der Waals surface area (Å²) in [7, 11) is 1.47. The van der Waals surface area contributed by atoms with E-state index in [1.807, 2.05) is 24.3 Å². The Labute approximate surface area is 188 Å². The number of anilines is 1. The second-order valence-electron chi connectivity index (χ2n) is 8.34. The van der Waals surface area contributed by atoms with E-state index in [1.165, 1.54) is 13.2 Å². The molecule has 8 heteroatoms. The topological polar surface area (TPSA) is 70.5 Å². The summed E-state index contributed by atoms with van der Waals surface area (Å²) in [6, 6.07) is 13.2. The Morgan fingerprint density at radius 1 is 1.19 bits per heavy atom. The zero-order chi connectivity index (χ0) is 22.0. The van der Waals surface area contributed by atoms with E-state index in [-0.39, 0.29) is 27.9 Å². The third-order valence-corrected chi connectivity index (χ3v) is 6.77. The number of halogens is 2. The number of hydrogen-bond acceptors (Lipinski definition) is 6. The highest BCUT2D eigenvalue weighted by molar-refractivity contribution is 6.35. The van der Waals surface area contributed by atoms with E-state index in [4.69, 9.17) is 16.3 Å². The molecular weight excluding hydrogens is 431 g/mol. The molecule has 32 heavy (non-hydrogen) atoms. The number of piperazine rings is 1. The highest BCUT2D eigenvalue weighted by atomic mass is 35.5. The molecule has 0 saturated carbocycles. The zero-order valence-electron chi connectivity index (χ0n) is 17.3. The zero-order valence-corrected chi connectivity index (χ0v) is 18.0. The van der Waals surface area contributed by atoms with Crippen molar-refractivity contribution in [3.8, 4) is 22.9 Å². The SMILES string of the molecule is COc1nc(N2CC3CC2CN3)c2cc(Cl)c(-c3cc(O)cc4ccccc34)c(F)c2n1. The fraction of sp³-hybridized carbons (Fsp3) is 0.250. The number of aromatic nitrogens is 2. The van der Waals surface area contributed by atoms with Crippen LogP contribution in [0, 0.1) is 5.82 Å². The molecule has 3 aromatic carbocycles. The van der Waals surface area contributed by atoms with E-state index < -0.39 is 5.82 Å².